The highest BCUT2D eigenvalue weighted by Gasteiger charge is 2.32. The van der Waals surface area contributed by atoms with Crippen LogP contribution in [0.3, 0.4) is 0 Å². The van der Waals surface area contributed by atoms with Crippen molar-refractivity contribution in [3.8, 4) is 0 Å². The van der Waals surface area contributed by atoms with E-state index in [0.717, 1.165) is 56.6 Å². The number of fused-ring (bicyclic) bond motifs is 1. The zero-order valence-corrected chi connectivity index (χ0v) is 17.5. The summed E-state index contributed by atoms with van der Waals surface area (Å²) in [4.78, 5) is 14.0. The molecule has 1 aromatic rings. The molecule has 5 nitrogen and oxygen atoms in total. The van der Waals surface area contributed by atoms with Crippen LogP contribution in [0.15, 0.2) is 11.1 Å². The molecule has 2 heterocycles. The van der Waals surface area contributed by atoms with Gasteiger partial charge in [-0.3, -0.25) is 0 Å². The molecule has 27 heavy (non-hydrogen) atoms. The minimum atomic E-state index is -0.443. The van der Waals surface area contributed by atoms with Gasteiger partial charge in [0.25, 0.3) is 0 Å². The van der Waals surface area contributed by atoms with Crippen LogP contribution < -0.4 is 0 Å². The molecule has 1 aliphatic carbocycles. The molecule has 1 saturated heterocycles. The standard InChI is InChI=1S/C22H34N2O3/c1-14(2)17-11-15(3)20-18(13-17)23-27-19(20)12-16-7-9-24(10-8-16)21(25)26-22(4,5)6/h14,16-17H,3,7-13H2,1-2,4-6H3. The van der Waals surface area contributed by atoms with E-state index >= 15 is 0 Å². The summed E-state index contributed by atoms with van der Waals surface area (Å²) in [5, 5.41) is 4.37. The fourth-order valence-electron chi connectivity index (χ4n) is 4.16. The van der Waals surface area contributed by atoms with Crippen molar-refractivity contribution in [2.24, 2.45) is 17.8 Å². The monoisotopic (exact) mass is 374 g/mol. The third kappa shape index (κ3) is 4.74. The van der Waals surface area contributed by atoms with Crippen LogP contribution in [0, 0.1) is 17.8 Å². The molecular weight excluding hydrogens is 340 g/mol. The van der Waals surface area contributed by atoms with Gasteiger partial charge in [0.15, 0.2) is 0 Å². The van der Waals surface area contributed by atoms with E-state index in [1.165, 1.54) is 11.1 Å². The average molecular weight is 375 g/mol. The number of carbonyl (C=O) groups is 1. The molecule has 1 unspecified atom stereocenters. The van der Waals surface area contributed by atoms with E-state index in [2.05, 4.69) is 25.6 Å². The number of hydrogen-bond donors (Lipinski definition) is 0. The van der Waals surface area contributed by atoms with Gasteiger partial charge >= 0.3 is 6.09 Å². The van der Waals surface area contributed by atoms with E-state index in [0.29, 0.717) is 17.8 Å². The highest BCUT2D eigenvalue weighted by atomic mass is 16.6. The van der Waals surface area contributed by atoms with Gasteiger partial charge in [-0.25, -0.2) is 4.79 Å². The number of rotatable bonds is 3. The van der Waals surface area contributed by atoms with Crippen LogP contribution in [0.25, 0.3) is 5.57 Å². The van der Waals surface area contributed by atoms with E-state index in [1.54, 1.807) is 0 Å². The van der Waals surface area contributed by atoms with Gasteiger partial charge in [-0.05, 0) is 69.8 Å². The number of nitrogens with zero attached hydrogens (tertiary/aromatic N) is 2. The first-order valence-corrected chi connectivity index (χ1v) is 10.3. The summed E-state index contributed by atoms with van der Waals surface area (Å²) < 4.78 is 11.2. The Bertz CT molecular complexity index is 691. The maximum Gasteiger partial charge on any atom is 0.410 e. The molecule has 3 rings (SSSR count). The fourth-order valence-corrected chi connectivity index (χ4v) is 4.16. The molecular formula is C22H34N2O3. The first kappa shape index (κ1) is 20.0. The van der Waals surface area contributed by atoms with E-state index in [1.807, 2.05) is 25.7 Å². The highest BCUT2D eigenvalue weighted by molar-refractivity contribution is 5.69. The normalized spacial score (nSPS) is 21.5. The topological polar surface area (TPSA) is 55.6 Å². The van der Waals surface area contributed by atoms with Gasteiger partial charge < -0.3 is 14.2 Å². The summed E-state index contributed by atoms with van der Waals surface area (Å²) in [6, 6.07) is 0. The molecule has 0 aromatic carbocycles. The molecule has 0 bridgehead atoms. The number of aromatic nitrogens is 1. The van der Waals surface area contributed by atoms with E-state index < -0.39 is 5.60 Å². The zero-order chi connectivity index (χ0) is 19.8. The van der Waals surface area contributed by atoms with Gasteiger partial charge in [0.05, 0.1) is 5.69 Å². The molecule has 2 aliphatic rings. The van der Waals surface area contributed by atoms with Crippen molar-refractivity contribution in [1.82, 2.24) is 10.1 Å². The number of ether oxygens (including phenoxy) is 1. The van der Waals surface area contributed by atoms with Gasteiger partial charge in [-0.1, -0.05) is 25.6 Å². The third-order valence-corrected chi connectivity index (χ3v) is 5.83. The number of hydrogen-bond acceptors (Lipinski definition) is 4. The molecule has 5 heteroatoms. The largest absolute Gasteiger partial charge is 0.444 e. The third-order valence-electron chi connectivity index (χ3n) is 5.83. The molecule has 1 aliphatic heterocycles. The summed E-state index contributed by atoms with van der Waals surface area (Å²) in [7, 11) is 0. The van der Waals surface area contributed by atoms with Gasteiger partial charge in [0.1, 0.15) is 11.4 Å². The van der Waals surface area contributed by atoms with Crippen LogP contribution in [0.2, 0.25) is 0 Å². The second kappa shape index (κ2) is 7.69. The van der Waals surface area contributed by atoms with Gasteiger partial charge in [-0.15, -0.1) is 0 Å². The van der Waals surface area contributed by atoms with Crippen molar-refractivity contribution in [3.63, 3.8) is 0 Å². The quantitative estimate of drug-likeness (QED) is 0.739. The lowest BCUT2D eigenvalue weighted by atomic mass is 9.77. The number of carbonyl (C=O) groups excluding carboxylic acids is 1. The van der Waals surface area contributed by atoms with Crippen molar-refractivity contribution < 1.29 is 14.1 Å². The number of allylic oxidation sites excluding steroid dienone is 1. The smallest absolute Gasteiger partial charge is 0.410 e. The van der Waals surface area contributed by atoms with Crippen LogP contribution in [0.4, 0.5) is 4.79 Å². The minimum Gasteiger partial charge on any atom is -0.444 e. The van der Waals surface area contributed by atoms with Crippen LogP contribution in [-0.4, -0.2) is 34.8 Å². The SMILES string of the molecule is C=C1CC(C(C)C)Cc2noc(CC3CCN(C(=O)OC(C)(C)C)CC3)c21. The van der Waals surface area contributed by atoms with E-state index in [4.69, 9.17) is 9.26 Å². The summed E-state index contributed by atoms with van der Waals surface area (Å²) in [5.74, 6) is 2.75. The molecule has 0 radical (unpaired) electrons. The Labute approximate surface area is 163 Å². The van der Waals surface area contributed by atoms with Gasteiger partial charge in [-0.2, -0.15) is 0 Å². The zero-order valence-electron chi connectivity index (χ0n) is 17.5. The number of likely N-dealkylation sites (tertiary alicyclic amines) is 1. The summed E-state index contributed by atoms with van der Waals surface area (Å²) in [6.07, 6.45) is 4.65. The van der Waals surface area contributed by atoms with Crippen LogP contribution in [-0.2, 0) is 17.6 Å². The molecule has 150 valence electrons. The Balaban J connectivity index is 1.58. The minimum absolute atomic E-state index is 0.203. The Morgan fingerprint density at radius 3 is 2.56 bits per heavy atom. The Morgan fingerprint density at radius 1 is 1.30 bits per heavy atom. The molecule has 0 N–H and O–H groups in total. The van der Waals surface area contributed by atoms with Gasteiger partial charge in [0.2, 0.25) is 0 Å². The summed E-state index contributed by atoms with van der Waals surface area (Å²) in [6.45, 7) is 16.0. The van der Waals surface area contributed by atoms with Crippen LogP contribution in [0.1, 0.15) is 70.9 Å². The predicted molar refractivity (Wildman–Crippen MR) is 106 cm³/mol. The Kier molecular flexibility index (Phi) is 5.68. The average Bonchev–Trinajstić information content (AvgIpc) is 2.97. The lowest BCUT2D eigenvalue weighted by Gasteiger charge is -2.33. The number of amides is 1. The predicted octanol–water partition coefficient (Wildman–Crippen LogP) is 5.10. The van der Waals surface area contributed by atoms with Crippen LogP contribution in [0.5, 0.6) is 0 Å². The van der Waals surface area contributed by atoms with Crippen LogP contribution >= 0.6 is 0 Å². The molecule has 1 aromatic heterocycles. The van der Waals surface area contributed by atoms with Crippen molar-refractivity contribution >= 4 is 11.7 Å². The molecule has 1 fully saturated rings. The first-order valence-electron chi connectivity index (χ1n) is 10.3. The fraction of sp³-hybridized carbons (Fsp3) is 0.727. The lowest BCUT2D eigenvalue weighted by Crippen LogP contribution is -2.42. The first-order chi connectivity index (χ1) is 12.6. The van der Waals surface area contributed by atoms with E-state index in [-0.39, 0.29) is 6.09 Å². The van der Waals surface area contributed by atoms with E-state index in [9.17, 15) is 4.79 Å². The summed E-state index contributed by atoms with van der Waals surface area (Å²) >= 11 is 0. The lowest BCUT2D eigenvalue weighted by molar-refractivity contribution is 0.0182. The Hall–Kier alpha value is -1.78. The van der Waals surface area contributed by atoms with Gasteiger partial charge in [0, 0.05) is 25.1 Å². The summed E-state index contributed by atoms with van der Waals surface area (Å²) in [5.41, 5.74) is 3.01. The maximum absolute atomic E-state index is 12.2. The molecule has 1 atom stereocenters. The van der Waals surface area contributed by atoms with Crippen molar-refractivity contribution in [2.75, 3.05) is 13.1 Å². The van der Waals surface area contributed by atoms with Crippen molar-refractivity contribution in [1.29, 1.82) is 0 Å². The highest BCUT2D eigenvalue weighted by Crippen LogP contribution is 2.39. The second-order valence-electron chi connectivity index (χ2n) is 9.56. The van der Waals surface area contributed by atoms with Crippen molar-refractivity contribution in [3.05, 3.63) is 23.6 Å². The maximum atomic E-state index is 12.2. The molecule has 0 saturated carbocycles. The Morgan fingerprint density at radius 2 is 1.96 bits per heavy atom. The van der Waals surface area contributed by atoms with Crippen molar-refractivity contribution in [2.45, 2.75) is 72.3 Å². The second-order valence-corrected chi connectivity index (χ2v) is 9.56. The molecule has 0 spiro atoms. The molecule has 1 amide bonds. The number of piperidine rings is 1.